The average molecular weight is 305 g/mol. The van der Waals surface area contributed by atoms with Gasteiger partial charge in [0.1, 0.15) is 0 Å². The van der Waals surface area contributed by atoms with Gasteiger partial charge in [0.05, 0.1) is 24.9 Å². The average Bonchev–Trinajstić information content (AvgIpc) is 2.99. The summed E-state index contributed by atoms with van der Waals surface area (Å²) >= 11 is 1.35. The van der Waals surface area contributed by atoms with Crippen molar-refractivity contribution in [3.63, 3.8) is 0 Å². The first-order chi connectivity index (χ1) is 10.1. The lowest BCUT2D eigenvalue weighted by atomic mass is 10.1. The molecule has 0 atom stereocenters. The van der Waals surface area contributed by atoms with Crippen molar-refractivity contribution in [1.82, 2.24) is 4.98 Å². The second-order valence-electron chi connectivity index (χ2n) is 4.25. The molecule has 0 unspecified atom stereocenters. The molecule has 0 aliphatic rings. The zero-order valence-corrected chi connectivity index (χ0v) is 12.5. The first kappa shape index (κ1) is 15.0. The number of hydrogen-bond acceptors (Lipinski definition) is 6. The predicted molar refractivity (Wildman–Crippen MR) is 81.8 cm³/mol. The number of nitrogens with zero attached hydrogens (tertiary/aromatic N) is 2. The van der Waals surface area contributed by atoms with Crippen molar-refractivity contribution in [3.8, 4) is 0 Å². The van der Waals surface area contributed by atoms with Crippen LogP contribution < -0.4 is 10.2 Å². The van der Waals surface area contributed by atoms with Crippen molar-refractivity contribution in [2.45, 2.75) is 0 Å². The Morgan fingerprint density at radius 3 is 2.81 bits per heavy atom. The molecule has 0 bridgehead atoms. The number of rotatable bonds is 5. The summed E-state index contributed by atoms with van der Waals surface area (Å²) in [6, 6.07) is 6.98. The first-order valence-corrected chi connectivity index (χ1v) is 7.07. The van der Waals surface area contributed by atoms with E-state index in [2.05, 4.69) is 10.3 Å². The number of carbonyl (C=O) groups excluding carboxylic acids is 2. The summed E-state index contributed by atoms with van der Waals surface area (Å²) in [5, 5.41) is 5.03. The van der Waals surface area contributed by atoms with Gasteiger partial charge in [-0.3, -0.25) is 4.79 Å². The summed E-state index contributed by atoms with van der Waals surface area (Å²) in [6.07, 6.45) is 1.62. The molecule has 0 aliphatic heterocycles. The quantitative estimate of drug-likeness (QED) is 0.856. The third-order valence-corrected chi connectivity index (χ3v) is 3.47. The lowest BCUT2D eigenvalue weighted by molar-refractivity contribution is -0.114. The van der Waals surface area contributed by atoms with Crippen LogP contribution in [-0.2, 0) is 9.53 Å². The summed E-state index contributed by atoms with van der Waals surface area (Å²) in [6.45, 7) is 0.105. The van der Waals surface area contributed by atoms with Crippen molar-refractivity contribution in [2.24, 2.45) is 0 Å². The molecule has 0 saturated carbocycles. The maximum absolute atomic E-state index is 11.9. The zero-order chi connectivity index (χ0) is 15.2. The largest absolute Gasteiger partial charge is 0.465 e. The van der Waals surface area contributed by atoms with Crippen molar-refractivity contribution < 1.29 is 14.3 Å². The first-order valence-electron chi connectivity index (χ1n) is 6.19. The molecule has 0 aliphatic carbocycles. The molecule has 1 amide bonds. The highest BCUT2D eigenvalue weighted by Crippen LogP contribution is 2.20. The second-order valence-corrected chi connectivity index (χ2v) is 5.14. The molecule has 0 radical (unpaired) electrons. The third-order valence-electron chi connectivity index (χ3n) is 2.78. The minimum atomic E-state index is -0.433. The molecule has 1 N–H and O–H groups in total. The number of amides is 1. The van der Waals surface area contributed by atoms with Gasteiger partial charge in [0.25, 0.3) is 0 Å². The van der Waals surface area contributed by atoms with E-state index in [0.717, 1.165) is 0 Å². The van der Waals surface area contributed by atoms with Gasteiger partial charge in [-0.25, -0.2) is 9.78 Å². The maximum Gasteiger partial charge on any atom is 0.339 e. The highest BCUT2D eigenvalue weighted by atomic mass is 32.1. The Bertz CT molecular complexity index is 628. The summed E-state index contributed by atoms with van der Waals surface area (Å²) in [5.74, 6) is -0.634. The standard InChI is InChI=1S/C14H15N3O3S/c1-17(9-12(18)16-14-15-7-8-21-14)11-6-4-3-5-10(11)13(19)20-2/h3-8H,9H2,1-2H3,(H,15,16,18). The maximum atomic E-state index is 11.9. The fourth-order valence-corrected chi connectivity index (χ4v) is 2.38. The normalized spacial score (nSPS) is 10.0. The van der Waals surface area contributed by atoms with Crippen molar-refractivity contribution >= 4 is 34.0 Å². The van der Waals surface area contributed by atoms with E-state index in [0.29, 0.717) is 16.4 Å². The Morgan fingerprint density at radius 1 is 1.38 bits per heavy atom. The van der Waals surface area contributed by atoms with Crippen LogP contribution in [0, 0.1) is 0 Å². The molecule has 2 aromatic rings. The second kappa shape index (κ2) is 6.85. The van der Waals surface area contributed by atoms with Gasteiger partial charge in [-0.2, -0.15) is 0 Å². The lowest BCUT2D eigenvalue weighted by Gasteiger charge is -2.20. The molecular formula is C14H15N3O3S. The summed E-state index contributed by atoms with van der Waals surface area (Å²) < 4.78 is 4.74. The van der Waals surface area contributed by atoms with Crippen LogP contribution in [0.1, 0.15) is 10.4 Å². The van der Waals surface area contributed by atoms with Crippen LogP contribution in [0.15, 0.2) is 35.8 Å². The number of aromatic nitrogens is 1. The molecule has 1 aromatic carbocycles. The van der Waals surface area contributed by atoms with Gasteiger partial charge < -0.3 is 15.0 Å². The number of thiazole rings is 1. The van der Waals surface area contributed by atoms with E-state index in [-0.39, 0.29) is 12.5 Å². The molecule has 0 fully saturated rings. The number of nitrogens with one attached hydrogen (secondary N) is 1. The van der Waals surface area contributed by atoms with Crippen LogP contribution in [0.2, 0.25) is 0 Å². The molecular weight excluding hydrogens is 290 g/mol. The van der Waals surface area contributed by atoms with E-state index < -0.39 is 5.97 Å². The van der Waals surface area contributed by atoms with Gasteiger partial charge >= 0.3 is 5.97 Å². The molecule has 110 valence electrons. The molecule has 6 nitrogen and oxygen atoms in total. The zero-order valence-electron chi connectivity index (χ0n) is 11.7. The molecule has 1 heterocycles. The highest BCUT2D eigenvalue weighted by molar-refractivity contribution is 7.13. The number of carbonyl (C=O) groups is 2. The van der Waals surface area contributed by atoms with E-state index in [1.807, 2.05) is 0 Å². The SMILES string of the molecule is COC(=O)c1ccccc1N(C)CC(=O)Nc1nccs1. The molecule has 2 rings (SSSR count). The van der Waals surface area contributed by atoms with Crippen LogP contribution in [0.5, 0.6) is 0 Å². The number of anilines is 2. The number of likely N-dealkylation sites (N-methyl/N-ethyl adjacent to an activating group) is 1. The van der Waals surface area contributed by atoms with Crippen molar-refractivity contribution in [1.29, 1.82) is 0 Å². The topological polar surface area (TPSA) is 71.5 Å². The predicted octanol–water partition coefficient (Wildman–Crippen LogP) is 2.00. The number of hydrogen-bond donors (Lipinski definition) is 1. The Kier molecular flexibility index (Phi) is 4.89. The van der Waals surface area contributed by atoms with E-state index in [1.54, 1.807) is 47.8 Å². The Hall–Kier alpha value is -2.41. The molecule has 1 aromatic heterocycles. The minimum Gasteiger partial charge on any atom is -0.465 e. The minimum absolute atomic E-state index is 0.105. The number of esters is 1. The van der Waals surface area contributed by atoms with Gasteiger partial charge in [-0.1, -0.05) is 12.1 Å². The van der Waals surface area contributed by atoms with Gasteiger partial charge in [-0.15, -0.1) is 11.3 Å². The van der Waals surface area contributed by atoms with E-state index >= 15 is 0 Å². The number of benzene rings is 1. The molecule has 21 heavy (non-hydrogen) atoms. The highest BCUT2D eigenvalue weighted by Gasteiger charge is 2.16. The van der Waals surface area contributed by atoms with Crippen molar-refractivity contribution in [3.05, 3.63) is 41.4 Å². The van der Waals surface area contributed by atoms with E-state index in [1.165, 1.54) is 18.4 Å². The summed E-state index contributed by atoms with van der Waals surface area (Å²) in [7, 11) is 3.07. The van der Waals surface area contributed by atoms with E-state index in [4.69, 9.17) is 4.74 Å². The van der Waals surface area contributed by atoms with Gasteiger partial charge in [0, 0.05) is 18.6 Å². The van der Waals surface area contributed by atoms with Crippen LogP contribution in [0.25, 0.3) is 0 Å². The molecule has 0 spiro atoms. The van der Waals surface area contributed by atoms with Crippen LogP contribution in [0.3, 0.4) is 0 Å². The fourth-order valence-electron chi connectivity index (χ4n) is 1.83. The van der Waals surface area contributed by atoms with Gasteiger partial charge in [0.2, 0.25) is 5.91 Å². The number of para-hydroxylation sites is 1. The van der Waals surface area contributed by atoms with Gasteiger partial charge in [-0.05, 0) is 12.1 Å². The summed E-state index contributed by atoms with van der Waals surface area (Å²) in [4.78, 5) is 29.3. The lowest BCUT2D eigenvalue weighted by Crippen LogP contribution is -2.31. The van der Waals surface area contributed by atoms with Crippen LogP contribution in [-0.4, -0.2) is 37.6 Å². The number of methoxy groups -OCH3 is 1. The Balaban J connectivity index is 2.08. The molecule has 0 saturated heterocycles. The van der Waals surface area contributed by atoms with E-state index in [9.17, 15) is 9.59 Å². The van der Waals surface area contributed by atoms with Gasteiger partial charge in [0.15, 0.2) is 5.13 Å². The van der Waals surface area contributed by atoms with Crippen LogP contribution in [0.4, 0.5) is 10.8 Å². The molecule has 7 heteroatoms. The Morgan fingerprint density at radius 2 is 2.14 bits per heavy atom. The third kappa shape index (κ3) is 3.79. The smallest absolute Gasteiger partial charge is 0.339 e. The Labute approximate surface area is 126 Å². The van der Waals surface area contributed by atoms with Crippen molar-refractivity contribution in [2.75, 3.05) is 30.9 Å². The number of ether oxygens (including phenoxy) is 1. The fraction of sp³-hybridized carbons (Fsp3) is 0.214. The summed E-state index contributed by atoms with van der Waals surface area (Å²) in [5.41, 5.74) is 1.06. The van der Waals surface area contributed by atoms with Crippen LogP contribution >= 0.6 is 11.3 Å². The monoisotopic (exact) mass is 305 g/mol.